The average Bonchev–Trinajstić information content (AvgIpc) is 2.86. The minimum absolute atomic E-state index is 0.00293. The Morgan fingerprint density at radius 1 is 0.882 bits per heavy atom. The van der Waals surface area contributed by atoms with Gasteiger partial charge in [0.25, 0.3) is 0 Å². The molecule has 0 bridgehead atoms. The molecule has 6 nitrogen and oxygen atoms in total. The van der Waals surface area contributed by atoms with Crippen LogP contribution >= 0.6 is 0 Å². The van der Waals surface area contributed by atoms with Gasteiger partial charge in [-0.3, -0.25) is 4.79 Å². The van der Waals surface area contributed by atoms with Gasteiger partial charge < -0.3 is 19.9 Å². The van der Waals surface area contributed by atoms with E-state index in [2.05, 4.69) is 5.32 Å². The van der Waals surface area contributed by atoms with Gasteiger partial charge in [-0.25, -0.2) is 13.6 Å². The van der Waals surface area contributed by atoms with Crippen LogP contribution in [0.25, 0.3) is 0 Å². The normalized spacial score (nSPS) is 23.6. The molecule has 3 heterocycles. The molecule has 3 aliphatic rings. The molecule has 0 radical (unpaired) electrons. The number of likely N-dealkylation sites (tertiary alicyclic amines) is 2. The molecule has 8 heteroatoms. The molecular weight excluding hydrogens is 440 g/mol. The van der Waals surface area contributed by atoms with Crippen LogP contribution in [0.15, 0.2) is 48.5 Å². The Morgan fingerprint density at radius 2 is 1.44 bits per heavy atom. The third-order valence-electron chi connectivity index (χ3n) is 7.33. The lowest BCUT2D eigenvalue weighted by atomic mass is 9.76. The number of ether oxygens (including phenoxy) is 1. The van der Waals surface area contributed by atoms with Crippen LogP contribution in [0.2, 0.25) is 0 Å². The lowest BCUT2D eigenvalue weighted by Crippen LogP contribution is -2.62. The van der Waals surface area contributed by atoms with E-state index in [9.17, 15) is 18.4 Å². The zero-order chi connectivity index (χ0) is 23.7. The SMILES string of the molecule is O=C1CO[C@H]2CCN(C(=O)N3CCC(C(c4ccc(F)cc4)c4ccc(F)cc4)CC3)C[C@@H]2N1. The van der Waals surface area contributed by atoms with Crippen LogP contribution < -0.4 is 5.32 Å². The summed E-state index contributed by atoms with van der Waals surface area (Å²) in [6, 6.07) is 12.9. The van der Waals surface area contributed by atoms with Crippen molar-refractivity contribution >= 4 is 11.9 Å². The van der Waals surface area contributed by atoms with E-state index in [0.29, 0.717) is 32.6 Å². The second kappa shape index (κ2) is 9.70. The Hall–Kier alpha value is -3.00. The second-order valence-electron chi connectivity index (χ2n) is 9.45. The Morgan fingerprint density at radius 3 is 2.03 bits per heavy atom. The maximum atomic E-state index is 13.6. The number of carbonyl (C=O) groups excluding carboxylic acids is 2. The first kappa shape index (κ1) is 22.8. The van der Waals surface area contributed by atoms with Crippen LogP contribution in [-0.2, 0) is 9.53 Å². The number of amides is 3. The summed E-state index contributed by atoms with van der Waals surface area (Å²) < 4.78 is 32.7. The van der Waals surface area contributed by atoms with E-state index in [4.69, 9.17) is 4.74 Å². The largest absolute Gasteiger partial charge is 0.366 e. The molecule has 0 saturated carbocycles. The maximum Gasteiger partial charge on any atom is 0.320 e. The Labute approximate surface area is 197 Å². The molecule has 1 N–H and O–H groups in total. The Bertz CT molecular complexity index is 977. The number of halogens is 2. The van der Waals surface area contributed by atoms with Gasteiger partial charge in [-0.15, -0.1) is 0 Å². The predicted molar refractivity (Wildman–Crippen MR) is 122 cm³/mol. The fourth-order valence-electron chi connectivity index (χ4n) is 5.57. The maximum absolute atomic E-state index is 13.6. The molecule has 0 aromatic heterocycles. The molecule has 2 atom stereocenters. The third-order valence-corrected chi connectivity index (χ3v) is 7.33. The number of carbonyl (C=O) groups is 2. The summed E-state index contributed by atoms with van der Waals surface area (Å²) in [5.41, 5.74) is 1.99. The number of fused-ring (bicyclic) bond motifs is 1. The van der Waals surface area contributed by atoms with Crippen LogP contribution in [0.1, 0.15) is 36.3 Å². The van der Waals surface area contributed by atoms with Crippen LogP contribution in [0, 0.1) is 17.6 Å². The lowest BCUT2D eigenvalue weighted by Gasteiger charge is -2.44. The van der Waals surface area contributed by atoms with Gasteiger partial charge in [0.1, 0.15) is 18.2 Å². The van der Waals surface area contributed by atoms with Gasteiger partial charge in [-0.1, -0.05) is 24.3 Å². The van der Waals surface area contributed by atoms with E-state index in [1.807, 2.05) is 9.80 Å². The minimum atomic E-state index is -0.287. The molecule has 180 valence electrons. The number of urea groups is 1. The quantitative estimate of drug-likeness (QED) is 0.749. The van der Waals surface area contributed by atoms with Crippen molar-refractivity contribution in [1.82, 2.24) is 15.1 Å². The first-order chi connectivity index (χ1) is 16.5. The number of nitrogens with zero attached hydrogens (tertiary/aromatic N) is 2. The number of morpholine rings is 1. The number of nitrogens with one attached hydrogen (secondary N) is 1. The van der Waals surface area contributed by atoms with E-state index < -0.39 is 0 Å². The van der Waals surface area contributed by atoms with Crippen molar-refractivity contribution < 1.29 is 23.1 Å². The molecule has 2 aromatic rings. The standard InChI is InChI=1S/C26H29F2N3O3/c27-20-5-1-17(2-6-20)25(18-3-7-21(28)8-4-18)19-9-12-30(13-10-19)26(33)31-14-11-23-22(15-31)29-24(32)16-34-23/h1-8,19,22-23,25H,9-16H2,(H,29,32)/t22-,23-/m0/s1. The van der Waals surface area contributed by atoms with Crippen molar-refractivity contribution in [1.29, 1.82) is 0 Å². The van der Waals surface area contributed by atoms with Gasteiger partial charge >= 0.3 is 6.03 Å². The highest BCUT2D eigenvalue weighted by molar-refractivity contribution is 5.79. The van der Waals surface area contributed by atoms with Gasteiger partial charge in [0, 0.05) is 32.1 Å². The molecular formula is C26H29F2N3O3. The number of hydrogen-bond acceptors (Lipinski definition) is 3. The van der Waals surface area contributed by atoms with E-state index >= 15 is 0 Å². The van der Waals surface area contributed by atoms with Crippen LogP contribution in [0.4, 0.5) is 13.6 Å². The van der Waals surface area contributed by atoms with Gasteiger partial charge in [0.15, 0.2) is 0 Å². The highest BCUT2D eigenvalue weighted by Crippen LogP contribution is 2.38. The van der Waals surface area contributed by atoms with Gasteiger partial charge in [-0.05, 0) is 60.6 Å². The van der Waals surface area contributed by atoms with E-state index in [1.165, 1.54) is 24.3 Å². The molecule has 3 aliphatic heterocycles. The molecule has 0 aliphatic carbocycles. The first-order valence-corrected chi connectivity index (χ1v) is 11.9. The molecule has 0 spiro atoms. The smallest absolute Gasteiger partial charge is 0.320 e. The molecule has 2 aromatic carbocycles. The monoisotopic (exact) mass is 469 g/mol. The van der Waals surface area contributed by atoms with Crippen molar-refractivity contribution in [2.75, 3.05) is 32.8 Å². The number of rotatable bonds is 3. The summed E-state index contributed by atoms with van der Waals surface area (Å²) in [5, 5.41) is 2.94. The highest BCUT2D eigenvalue weighted by Gasteiger charge is 2.38. The van der Waals surface area contributed by atoms with Gasteiger partial charge in [0.2, 0.25) is 5.91 Å². The van der Waals surface area contributed by atoms with Gasteiger partial charge in [0.05, 0.1) is 12.1 Å². The minimum Gasteiger partial charge on any atom is -0.366 e. The third kappa shape index (κ3) is 4.78. The van der Waals surface area contributed by atoms with E-state index in [1.54, 1.807) is 24.3 Å². The fourth-order valence-corrected chi connectivity index (χ4v) is 5.57. The summed E-state index contributed by atoms with van der Waals surface area (Å²) in [5.74, 6) is -0.458. The van der Waals surface area contributed by atoms with Crippen LogP contribution in [0.3, 0.4) is 0 Å². The number of benzene rings is 2. The van der Waals surface area contributed by atoms with E-state index in [-0.39, 0.29) is 54.2 Å². The van der Waals surface area contributed by atoms with Crippen LogP contribution in [-0.4, -0.2) is 66.7 Å². The molecule has 3 saturated heterocycles. The topological polar surface area (TPSA) is 61.9 Å². The number of hydrogen-bond donors (Lipinski definition) is 1. The first-order valence-electron chi connectivity index (χ1n) is 11.9. The number of piperidine rings is 2. The summed E-state index contributed by atoms with van der Waals surface area (Å²) in [6.07, 6.45) is 2.28. The summed E-state index contributed by atoms with van der Waals surface area (Å²) in [4.78, 5) is 28.6. The molecule has 3 fully saturated rings. The second-order valence-corrected chi connectivity index (χ2v) is 9.45. The van der Waals surface area contributed by atoms with Crippen molar-refractivity contribution in [3.63, 3.8) is 0 Å². The summed E-state index contributed by atoms with van der Waals surface area (Å²) in [6.45, 7) is 2.41. The Balaban J connectivity index is 1.26. The fraction of sp³-hybridized carbons (Fsp3) is 0.462. The van der Waals surface area contributed by atoms with Crippen LogP contribution in [0.5, 0.6) is 0 Å². The lowest BCUT2D eigenvalue weighted by molar-refractivity contribution is -0.139. The molecule has 5 rings (SSSR count). The van der Waals surface area contributed by atoms with E-state index in [0.717, 1.165) is 24.0 Å². The van der Waals surface area contributed by atoms with Crippen molar-refractivity contribution in [3.05, 3.63) is 71.3 Å². The van der Waals surface area contributed by atoms with Crippen molar-refractivity contribution in [3.8, 4) is 0 Å². The molecule has 0 unspecified atom stereocenters. The zero-order valence-corrected chi connectivity index (χ0v) is 19.0. The summed E-state index contributed by atoms with van der Waals surface area (Å²) >= 11 is 0. The van der Waals surface area contributed by atoms with Gasteiger partial charge in [-0.2, -0.15) is 0 Å². The average molecular weight is 470 g/mol. The Kier molecular flexibility index (Phi) is 6.50. The predicted octanol–water partition coefficient (Wildman–Crippen LogP) is 3.52. The van der Waals surface area contributed by atoms with Crippen molar-refractivity contribution in [2.24, 2.45) is 5.92 Å². The summed E-state index contributed by atoms with van der Waals surface area (Å²) in [7, 11) is 0. The molecule has 3 amide bonds. The zero-order valence-electron chi connectivity index (χ0n) is 19.0. The molecule has 34 heavy (non-hydrogen) atoms. The highest BCUT2D eigenvalue weighted by atomic mass is 19.1. The van der Waals surface area contributed by atoms with Crippen molar-refractivity contribution in [2.45, 2.75) is 37.3 Å².